The fourth-order valence-corrected chi connectivity index (χ4v) is 5.34. The first-order valence-corrected chi connectivity index (χ1v) is 12.0. The van der Waals surface area contributed by atoms with E-state index >= 15 is 0 Å². The third kappa shape index (κ3) is 4.51. The van der Waals surface area contributed by atoms with Crippen LogP contribution in [0.3, 0.4) is 0 Å². The Kier molecular flexibility index (Phi) is 6.12. The van der Waals surface area contributed by atoms with Gasteiger partial charge in [-0.3, -0.25) is 4.72 Å². The number of fused-ring (bicyclic) bond motifs is 2. The normalized spacial score (nSPS) is 13.5. The molecule has 1 N–H and O–H groups in total. The van der Waals surface area contributed by atoms with Gasteiger partial charge in [-0.2, -0.15) is 0 Å². The molecule has 4 aromatic rings. The van der Waals surface area contributed by atoms with Gasteiger partial charge in [-0.05, 0) is 73.0 Å². The molecule has 0 fully saturated rings. The first kappa shape index (κ1) is 21.0. The van der Waals surface area contributed by atoms with Crippen LogP contribution >= 0.6 is 23.7 Å². The summed E-state index contributed by atoms with van der Waals surface area (Å²) < 4.78 is 17.1. The van der Waals surface area contributed by atoms with E-state index in [1.807, 2.05) is 18.2 Å². The molecule has 1 aliphatic heterocycles. The van der Waals surface area contributed by atoms with Crippen molar-refractivity contribution in [2.75, 3.05) is 0 Å². The highest BCUT2D eigenvalue weighted by molar-refractivity contribution is 7.99. The molecule has 0 saturated heterocycles. The Morgan fingerprint density at radius 2 is 1.59 bits per heavy atom. The maximum Gasteiger partial charge on any atom is 0.123 e. The van der Waals surface area contributed by atoms with Crippen molar-refractivity contribution in [3.63, 3.8) is 0 Å². The van der Waals surface area contributed by atoms with Gasteiger partial charge in [0.15, 0.2) is 0 Å². The second-order valence-electron chi connectivity index (χ2n) is 7.55. The van der Waals surface area contributed by atoms with E-state index in [2.05, 4.69) is 66.2 Å². The molecule has 0 amide bonds. The Bertz CT molecular complexity index is 1270. The summed E-state index contributed by atoms with van der Waals surface area (Å²) >= 11 is 3.32. The molecule has 5 heteroatoms. The smallest absolute Gasteiger partial charge is 0.123 e. The van der Waals surface area contributed by atoms with Crippen LogP contribution in [0, 0.1) is 5.82 Å². The van der Waals surface area contributed by atoms with Crippen molar-refractivity contribution < 1.29 is 4.39 Å². The molecular formula is C27H21FN2S2. The average molecular weight is 457 g/mol. The topological polar surface area (TPSA) is 24.4 Å². The summed E-state index contributed by atoms with van der Waals surface area (Å²) in [5, 5.41) is 0. The fourth-order valence-electron chi connectivity index (χ4n) is 3.58. The Labute approximate surface area is 196 Å². The molecule has 0 radical (unpaired) electrons. The Morgan fingerprint density at radius 1 is 0.844 bits per heavy atom. The number of halogens is 1. The SMILES string of the molecule is CC(NSc1ccc2c(c1)N=C(c1ccc(F)cc1)c1ccccc1S2)c1ccccc1. The molecule has 1 aliphatic rings. The number of benzene rings is 4. The molecule has 0 saturated carbocycles. The lowest BCUT2D eigenvalue weighted by Gasteiger charge is -2.14. The number of nitrogens with zero attached hydrogens (tertiary/aromatic N) is 1. The van der Waals surface area contributed by atoms with Gasteiger partial charge in [-0.1, -0.05) is 60.3 Å². The van der Waals surface area contributed by atoms with E-state index in [0.29, 0.717) is 0 Å². The zero-order chi connectivity index (χ0) is 21.9. The van der Waals surface area contributed by atoms with Gasteiger partial charge >= 0.3 is 0 Å². The van der Waals surface area contributed by atoms with Crippen molar-refractivity contribution in [2.24, 2.45) is 4.99 Å². The van der Waals surface area contributed by atoms with E-state index in [4.69, 9.17) is 4.99 Å². The van der Waals surface area contributed by atoms with E-state index in [-0.39, 0.29) is 11.9 Å². The molecule has 158 valence electrons. The molecule has 1 heterocycles. The largest absolute Gasteiger partial charge is 0.253 e. The highest BCUT2D eigenvalue weighted by atomic mass is 32.2. The van der Waals surface area contributed by atoms with Crippen LogP contribution in [-0.4, -0.2) is 5.71 Å². The fraction of sp³-hybridized carbons (Fsp3) is 0.0741. The summed E-state index contributed by atoms with van der Waals surface area (Å²) in [5.74, 6) is -0.247. The zero-order valence-electron chi connectivity index (χ0n) is 17.5. The highest BCUT2D eigenvalue weighted by Crippen LogP contribution is 2.42. The summed E-state index contributed by atoms with van der Waals surface area (Å²) in [6.07, 6.45) is 0. The van der Waals surface area contributed by atoms with Gasteiger partial charge in [-0.15, -0.1) is 0 Å². The van der Waals surface area contributed by atoms with E-state index in [1.165, 1.54) is 17.7 Å². The standard InChI is InChI=1S/C27H21FN2S2/c1-18(19-7-3-2-4-8-19)30-32-22-15-16-26-24(17-22)29-27(20-11-13-21(28)14-12-20)23-9-5-6-10-25(23)31-26/h2-18,30H,1H3. The van der Waals surface area contributed by atoms with Gasteiger partial charge in [0.2, 0.25) is 0 Å². The van der Waals surface area contributed by atoms with Crippen LogP contribution in [-0.2, 0) is 0 Å². The van der Waals surface area contributed by atoms with Crippen molar-refractivity contribution in [3.05, 3.63) is 120 Å². The first-order valence-electron chi connectivity index (χ1n) is 10.4. The minimum atomic E-state index is -0.247. The Morgan fingerprint density at radius 3 is 2.41 bits per heavy atom. The number of aliphatic imine (C=N–C) groups is 1. The van der Waals surface area contributed by atoms with Crippen LogP contribution in [0.4, 0.5) is 10.1 Å². The molecular weight excluding hydrogens is 435 g/mol. The van der Waals surface area contributed by atoms with Gasteiger partial charge in [0.25, 0.3) is 0 Å². The average Bonchev–Trinajstić information content (AvgIpc) is 3.00. The second-order valence-corrected chi connectivity index (χ2v) is 9.54. The summed E-state index contributed by atoms with van der Waals surface area (Å²) in [6, 6.07) is 31.8. The van der Waals surface area contributed by atoms with Crippen LogP contribution in [0.25, 0.3) is 0 Å². The minimum Gasteiger partial charge on any atom is -0.253 e. The molecule has 1 unspecified atom stereocenters. The van der Waals surface area contributed by atoms with Crippen LogP contribution < -0.4 is 4.72 Å². The quantitative estimate of drug-likeness (QED) is 0.273. The molecule has 0 spiro atoms. The molecule has 4 aromatic carbocycles. The summed E-state index contributed by atoms with van der Waals surface area (Å²) in [7, 11) is 0. The van der Waals surface area contributed by atoms with E-state index in [9.17, 15) is 4.39 Å². The maximum atomic E-state index is 13.5. The molecule has 0 bridgehead atoms. The van der Waals surface area contributed by atoms with Crippen LogP contribution in [0.5, 0.6) is 0 Å². The zero-order valence-corrected chi connectivity index (χ0v) is 19.1. The summed E-state index contributed by atoms with van der Waals surface area (Å²) in [6.45, 7) is 2.16. The van der Waals surface area contributed by atoms with Crippen molar-refractivity contribution in [1.29, 1.82) is 0 Å². The molecule has 0 aromatic heterocycles. The molecule has 1 atom stereocenters. The first-order chi connectivity index (χ1) is 15.7. The van der Waals surface area contributed by atoms with Crippen molar-refractivity contribution in [2.45, 2.75) is 27.7 Å². The van der Waals surface area contributed by atoms with Gasteiger partial charge in [0.05, 0.1) is 11.4 Å². The van der Waals surface area contributed by atoms with E-state index < -0.39 is 0 Å². The summed E-state index contributed by atoms with van der Waals surface area (Å²) in [5.41, 5.74) is 4.99. The molecule has 32 heavy (non-hydrogen) atoms. The third-order valence-corrected chi connectivity index (χ3v) is 7.40. The number of rotatable bonds is 5. The third-order valence-electron chi connectivity index (χ3n) is 5.30. The maximum absolute atomic E-state index is 13.5. The predicted octanol–water partition coefficient (Wildman–Crippen LogP) is 7.82. The van der Waals surface area contributed by atoms with Crippen molar-refractivity contribution in [3.8, 4) is 0 Å². The number of hydrogen-bond acceptors (Lipinski definition) is 4. The molecule has 2 nitrogen and oxygen atoms in total. The summed E-state index contributed by atoms with van der Waals surface area (Å²) in [4.78, 5) is 8.41. The predicted molar refractivity (Wildman–Crippen MR) is 133 cm³/mol. The number of hydrogen-bond donors (Lipinski definition) is 1. The lowest BCUT2D eigenvalue weighted by Crippen LogP contribution is -2.09. The van der Waals surface area contributed by atoms with Gasteiger partial charge in [0.1, 0.15) is 5.82 Å². The molecule has 5 rings (SSSR count). The van der Waals surface area contributed by atoms with Crippen LogP contribution in [0.15, 0.2) is 117 Å². The van der Waals surface area contributed by atoms with Gasteiger partial charge in [0, 0.05) is 31.9 Å². The van der Waals surface area contributed by atoms with Crippen LogP contribution in [0.1, 0.15) is 29.7 Å². The highest BCUT2D eigenvalue weighted by Gasteiger charge is 2.19. The second kappa shape index (κ2) is 9.33. The Balaban J connectivity index is 1.48. The lowest BCUT2D eigenvalue weighted by molar-refractivity contribution is 0.628. The minimum absolute atomic E-state index is 0.219. The number of nitrogens with one attached hydrogen (secondary N) is 1. The monoisotopic (exact) mass is 456 g/mol. The molecule has 0 aliphatic carbocycles. The van der Waals surface area contributed by atoms with E-state index in [0.717, 1.165) is 37.2 Å². The van der Waals surface area contributed by atoms with Gasteiger partial charge < -0.3 is 0 Å². The Hall–Kier alpha value is -2.86. The van der Waals surface area contributed by atoms with Crippen LogP contribution in [0.2, 0.25) is 0 Å². The van der Waals surface area contributed by atoms with Crippen molar-refractivity contribution in [1.82, 2.24) is 4.72 Å². The van der Waals surface area contributed by atoms with Gasteiger partial charge in [-0.25, -0.2) is 9.38 Å². The van der Waals surface area contributed by atoms with E-state index in [1.54, 1.807) is 35.8 Å². The lowest BCUT2D eigenvalue weighted by atomic mass is 10.0. The van der Waals surface area contributed by atoms with Crippen molar-refractivity contribution >= 4 is 35.1 Å².